The molecule has 0 radical (unpaired) electrons. The van der Waals surface area contributed by atoms with Crippen molar-refractivity contribution >= 4 is 39.1 Å². The molecule has 1 unspecified atom stereocenters. The second kappa shape index (κ2) is 7.26. The van der Waals surface area contributed by atoms with Gasteiger partial charge in [0, 0.05) is 24.5 Å². The molecule has 0 spiro atoms. The molecule has 5 nitrogen and oxygen atoms in total. The highest BCUT2D eigenvalue weighted by molar-refractivity contribution is 7.20. The van der Waals surface area contributed by atoms with Crippen LogP contribution >= 0.6 is 22.9 Å². The number of aromatic nitrogens is 2. The maximum absolute atomic E-state index is 13.1. The van der Waals surface area contributed by atoms with Crippen molar-refractivity contribution in [1.82, 2.24) is 19.6 Å². The van der Waals surface area contributed by atoms with Gasteiger partial charge < -0.3 is 9.80 Å². The fourth-order valence-corrected chi connectivity index (χ4v) is 5.02. The van der Waals surface area contributed by atoms with Crippen LogP contribution in [0.2, 0.25) is 5.02 Å². The number of carbonyl (C=O) groups excluding carboxylic acids is 1. The topological polar surface area (TPSA) is 41.4 Å². The third-order valence-electron chi connectivity index (χ3n) is 5.25. The standard InChI is InChI=1S/C20H23ClN4OS/c1-13-15-11-18(19(26)24-10-6-7-14(12-24)23(2)3)27-20(15)25(22-13)17-9-5-4-8-16(17)21/h4-5,8-9,11,14H,6-7,10,12H2,1-3H3. The molecule has 1 aliphatic rings. The minimum Gasteiger partial charge on any atom is -0.336 e. The molecule has 4 rings (SSSR count). The summed E-state index contributed by atoms with van der Waals surface area (Å²) in [5, 5.41) is 6.30. The number of hydrogen-bond donors (Lipinski definition) is 0. The molecule has 7 heteroatoms. The van der Waals surface area contributed by atoms with Crippen LogP contribution in [0.15, 0.2) is 30.3 Å². The zero-order chi connectivity index (χ0) is 19.1. The Hall–Kier alpha value is -1.89. The number of aryl methyl sites for hydroxylation is 1. The molecule has 1 atom stereocenters. The molecule has 0 N–H and O–H groups in total. The van der Waals surface area contributed by atoms with Crippen molar-refractivity contribution in [2.75, 3.05) is 27.2 Å². The third kappa shape index (κ3) is 3.37. The highest BCUT2D eigenvalue weighted by Gasteiger charge is 2.27. The first kappa shape index (κ1) is 18.5. The second-order valence-electron chi connectivity index (χ2n) is 7.29. The molecule has 0 bridgehead atoms. The van der Waals surface area contributed by atoms with Crippen LogP contribution in [0.4, 0.5) is 0 Å². The first-order valence-corrected chi connectivity index (χ1v) is 10.3. The summed E-state index contributed by atoms with van der Waals surface area (Å²) < 4.78 is 1.85. The van der Waals surface area contributed by atoms with Crippen LogP contribution in [0.5, 0.6) is 0 Å². The fraction of sp³-hybridized carbons (Fsp3) is 0.400. The zero-order valence-electron chi connectivity index (χ0n) is 15.8. The minimum atomic E-state index is 0.118. The minimum absolute atomic E-state index is 0.118. The van der Waals surface area contributed by atoms with E-state index in [1.54, 1.807) is 0 Å². The SMILES string of the molecule is Cc1nn(-c2ccccc2Cl)c2sc(C(=O)N3CCCC(N(C)C)C3)cc12. The van der Waals surface area contributed by atoms with E-state index in [9.17, 15) is 4.79 Å². The lowest BCUT2D eigenvalue weighted by atomic mass is 10.0. The molecule has 1 aliphatic heterocycles. The highest BCUT2D eigenvalue weighted by Crippen LogP contribution is 2.33. The van der Waals surface area contributed by atoms with Crippen LogP contribution < -0.4 is 0 Å². The van der Waals surface area contributed by atoms with Crippen LogP contribution in [0.1, 0.15) is 28.2 Å². The Morgan fingerprint density at radius 1 is 1.33 bits per heavy atom. The Balaban J connectivity index is 1.69. The molecule has 27 heavy (non-hydrogen) atoms. The largest absolute Gasteiger partial charge is 0.336 e. The number of benzene rings is 1. The van der Waals surface area contributed by atoms with E-state index < -0.39 is 0 Å². The summed E-state index contributed by atoms with van der Waals surface area (Å²) in [6.07, 6.45) is 2.19. The van der Waals surface area contributed by atoms with Gasteiger partial charge in [-0.15, -0.1) is 11.3 Å². The van der Waals surface area contributed by atoms with Gasteiger partial charge >= 0.3 is 0 Å². The van der Waals surface area contributed by atoms with E-state index in [2.05, 4.69) is 24.1 Å². The molecule has 0 saturated carbocycles. The molecule has 0 aliphatic carbocycles. The van der Waals surface area contributed by atoms with Crippen molar-refractivity contribution in [2.45, 2.75) is 25.8 Å². The summed E-state index contributed by atoms with van der Waals surface area (Å²) in [7, 11) is 4.17. The first-order chi connectivity index (χ1) is 13.0. The molecule has 142 valence electrons. The van der Waals surface area contributed by atoms with Gasteiger partial charge in [0.25, 0.3) is 5.91 Å². The van der Waals surface area contributed by atoms with Crippen LogP contribution in [-0.4, -0.2) is 58.7 Å². The fourth-order valence-electron chi connectivity index (χ4n) is 3.66. The van der Waals surface area contributed by atoms with E-state index >= 15 is 0 Å². The lowest BCUT2D eigenvalue weighted by molar-refractivity contribution is 0.0640. The van der Waals surface area contributed by atoms with E-state index in [0.717, 1.165) is 52.4 Å². The average Bonchev–Trinajstić information content (AvgIpc) is 3.22. The Labute approximate surface area is 168 Å². The lowest BCUT2D eigenvalue weighted by Gasteiger charge is -2.35. The summed E-state index contributed by atoms with van der Waals surface area (Å²) in [5.74, 6) is 0.118. The average molecular weight is 403 g/mol. The van der Waals surface area contributed by atoms with Gasteiger partial charge in [-0.2, -0.15) is 5.10 Å². The summed E-state index contributed by atoms with van der Waals surface area (Å²) >= 11 is 7.87. The van der Waals surface area contributed by atoms with Crippen molar-refractivity contribution in [3.05, 3.63) is 45.9 Å². The van der Waals surface area contributed by atoms with E-state index in [1.807, 2.05) is 46.8 Å². The predicted molar refractivity (Wildman–Crippen MR) is 111 cm³/mol. The lowest BCUT2D eigenvalue weighted by Crippen LogP contribution is -2.47. The predicted octanol–water partition coefficient (Wildman–Crippen LogP) is 4.22. The van der Waals surface area contributed by atoms with E-state index in [4.69, 9.17) is 11.6 Å². The number of halogens is 1. The van der Waals surface area contributed by atoms with E-state index in [-0.39, 0.29) is 5.91 Å². The summed E-state index contributed by atoms with van der Waals surface area (Å²) in [6.45, 7) is 3.59. The number of hydrogen-bond acceptors (Lipinski definition) is 4. The number of fused-ring (bicyclic) bond motifs is 1. The number of likely N-dealkylation sites (N-methyl/N-ethyl adjacent to an activating group) is 1. The molecular weight excluding hydrogens is 380 g/mol. The Morgan fingerprint density at radius 2 is 2.11 bits per heavy atom. The van der Waals surface area contributed by atoms with Gasteiger partial charge in [0.15, 0.2) is 0 Å². The van der Waals surface area contributed by atoms with Crippen molar-refractivity contribution in [2.24, 2.45) is 0 Å². The summed E-state index contributed by atoms with van der Waals surface area (Å²) in [4.78, 5) is 19.1. The Bertz CT molecular complexity index is 993. The Morgan fingerprint density at radius 3 is 2.85 bits per heavy atom. The molecule has 3 aromatic rings. The third-order valence-corrected chi connectivity index (χ3v) is 6.67. The number of amides is 1. The van der Waals surface area contributed by atoms with Crippen LogP contribution in [0.3, 0.4) is 0 Å². The number of likely N-dealkylation sites (tertiary alicyclic amines) is 1. The number of para-hydroxylation sites is 1. The van der Waals surface area contributed by atoms with Gasteiger partial charge in [-0.25, -0.2) is 4.68 Å². The van der Waals surface area contributed by atoms with Crippen LogP contribution in [0.25, 0.3) is 15.9 Å². The smallest absolute Gasteiger partial charge is 0.264 e. The van der Waals surface area contributed by atoms with Crippen molar-refractivity contribution in [3.8, 4) is 5.69 Å². The van der Waals surface area contributed by atoms with E-state index in [0.29, 0.717) is 11.1 Å². The monoisotopic (exact) mass is 402 g/mol. The molecule has 1 fully saturated rings. The number of nitrogens with zero attached hydrogens (tertiary/aromatic N) is 4. The zero-order valence-corrected chi connectivity index (χ0v) is 17.3. The maximum atomic E-state index is 13.1. The van der Waals surface area contributed by atoms with Gasteiger partial charge in [0.1, 0.15) is 4.83 Å². The number of thiophene rings is 1. The molecule has 3 heterocycles. The van der Waals surface area contributed by atoms with E-state index in [1.165, 1.54) is 11.3 Å². The molecule has 2 aromatic heterocycles. The highest BCUT2D eigenvalue weighted by atomic mass is 35.5. The molecular formula is C20H23ClN4OS. The van der Waals surface area contributed by atoms with Crippen LogP contribution in [0, 0.1) is 6.92 Å². The Kier molecular flexibility index (Phi) is 4.97. The normalized spacial score (nSPS) is 17.8. The molecule has 1 aromatic carbocycles. The van der Waals surface area contributed by atoms with Crippen molar-refractivity contribution in [1.29, 1.82) is 0 Å². The van der Waals surface area contributed by atoms with Crippen molar-refractivity contribution in [3.63, 3.8) is 0 Å². The van der Waals surface area contributed by atoms with Crippen molar-refractivity contribution < 1.29 is 4.79 Å². The summed E-state index contributed by atoms with van der Waals surface area (Å²) in [5.41, 5.74) is 1.74. The van der Waals surface area contributed by atoms with Crippen LogP contribution in [-0.2, 0) is 0 Å². The quantitative estimate of drug-likeness (QED) is 0.658. The number of rotatable bonds is 3. The van der Waals surface area contributed by atoms with Gasteiger partial charge in [0.2, 0.25) is 0 Å². The van der Waals surface area contributed by atoms with Gasteiger partial charge in [0.05, 0.1) is 21.3 Å². The first-order valence-electron chi connectivity index (χ1n) is 9.15. The number of carbonyl (C=O) groups is 1. The van der Waals surface area contributed by atoms with Gasteiger partial charge in [-0.1, -0.05) is 23.7 Å². The maximum Gasteiger partial charge on any atom is 0.264 e. The summed E-state index contributed by atoms with van der Waals surface area (Å²) in [6, 6.07) is 10.1. The molecule has 1 amide bonds. The van der Waals surface area contributed by atoms with Gasteiger partial charge in [-0.3, -0.25) is 4.79 Å². The number of piperidine rings is 1. The van der Waals surface area contributed by atoms with Gasteiger partial charge in [-0.05, 0) is 52.1 Å². The second-order valence-corrected chi connectivity index (χ2v) is 8.73. The molecule has 1 saturated heterocycles.